The molecule has 0 atom stereocenters. The average Bonchev–Trinajstić information content (AvgIpc) is 2.69. The number of piperidine rings is 1. The van der Waals surface area contributed by atoms with Crippen LogP contribution in [0.5, 0.6) is 0 Å². The van der Waals surface area contributed by atoms with E-state index in [2.05, 4.69) is 52.0 Å². The van der Waals surface area contributed by atoms with Crippen molar-refractivity contribution >= 4 is 11.9 Å². The Morgan fingerprint density at radius 1 is 1.26 bits per heavy atom. The molecule has 5 nitrogen and oxygen atoms in total. The fourth-order valence-corrected chi connectivity index (χ4v) is 3.80. The van der Waals surface area contributed by atoms with Crippen molar-refractivity contribution in [2.24, 2.45) is 0 Å². The van der Waals surface area contributed by atoms with E-state index in [0.29, 0.717) is 18.4 Å². The predicted molar refractivity (Wildman–Crippen MR) is 112 cm³/mol. The third-order valence-corrected chi connectivity index (χ3v) is 5.36. The molecule has 1 aromatic carbocycles. The Morgan fingerprint density at radius 3 is 2.63 bits per heavy atom. The SMILES string of the molecule is CCn1ccnc(N(C)C2CCN(C/C(C)=C/c3ccccc3)CC2)c1=O. The lowest BCUT2D eigenvalue weighted by atomic mass is 10.0. The van der Waals surface area contributed by atoms with Gasteiger partial charge in [-0.15, -0.1) is 0 Å². The lowest BCUT2D eigenvalue weighted by molar-refractivity contribution is 0.226. The van der Waals surface area contributed by atoms with Crippen molar-refractivity contribution in [1.29, 1.82) is 0 Å². The van der Waals surface area contributed by atoms with Crippen molar-refractivity contribution in [1.82, 2.24) is 14.5 Å². The molecule has 3 rings (SSSR count). The molecule has 0 bridgehead atoms. The van der Waals surface area contributed by atoms with Crippen LogP contribution in [0.4, 0.5) is 5.82 Å². The lowest BCUT2D eigenvalue weighted by Gasteiger charge is -2.37. The highest BCUT2D eigenvalue weighted by atomic mass is 16.1. The van der Waals surface area contributed by atoms with Crippen LogP contribution in [0.15, 0.2) is 53.1 Å². The number of anilines is 1. The van der Waals surface area contributed by atoms with Crippen LogP contribution in [0.3, 0.4) is 0 Å². The molecule has 0 N–H and O–H groups in total. The van der Waals surface area contributed by atoms with E-state index in [-0.39, 0.29) is 5.56 Å². The quantitative estimate of drug-likeness (QED) is 0.787. The first-order valence-corrected chi connectivity index (χ1v) is 9.81. The monoisotopic (exact) mass is 366 g/mol. The molecule has 1 saturated heterocycles. The van der Waals surface area contributed by atoms with Crippen molar-refractivity contribution in [3.63, 3.8) is 0 Å². The van der Waals surface area contributed by atoms with Gasteiger partial charge in [0.05, 0.1) is 0 Å². The van der Waals surface area contributed by atoms with Crippen LogP contribution in [0.2, 0.25) is 0 Å². The van der Waals surface area contributed by atoms with Gasteiger partial charge in [0, 0.05) is 51.7 Å². The molecule has 0 saturated carbocycles. The Bertz CT molecular complexity index is 820. The smallest absolute Gasteiger partial charge is 0.293 e. The van der Waals surface area contributed by atoms with E-state index in [0.717, 1.165) is 32.5 Å². The molecule has 2 aromatic rings. The molecule has 1 aliphatic rings. The normalized spacial score (nSPS) is 16.5. The Labute approximate surface area is 162 Å². The fraction of sp³-hybridized carbons (Fsp3) is 0.455. The maximum Gasteiger partial charge on any atom is 0.293 e. The van der Waals surface area contributed by atoms with Gasteiger partial charge in [0.15, 0.2) is 5.82 Å². The van der Waals surface area contributed by atoms with E-state index in [4.69, 9.17) is 0 Å². The molecule has 1 aromatic heterocycles. The van der Waals surface area contributed by atoms with Gasteiger partial charge in [0.2, 0.25) is 0 Å². The number of likely N-dealkylation sites (tertiary alicyclic amines) is 1. The van der Waals surface area contributed by atoms with E-state index in [1.807, 2.05) is 20.0 Å². The highest BCUT2D eigenvalue weighted by Crippen LogP contribution is 2.19. The summed E-state index contributed by atoms with van der Waals surface area (Å²) in [6.45, 7) is 7.94. The van der Waals surface area contributed by atoms with Crippen molar-refractivity contribution in [2.45, 2.75) is 39.3 Å². The van der Waals surface area contributed by atoms with Crippen LogP contribution in [0.1, 0.15) is 32.3 Å². The summed E-state index contributed by atoms with van der Waals surface area (Å²) in [5.74, 6) is 0.568. The van der Waals surface area contributed by atoms with Crippen molar-refractivity contribution in [3.05, 3.63) is 64.2 Å². The molecule has 0 aliphatic carbocycles. The third kappa shape index (κ3) is 4.86. The van der Waals surface area contributed by atoms with Crippen LogP contribution in [0.25, 0.3) is 6.08 Å². The molecular formula is C22H30N4O. The van der Waals surface area contributed by atoms with Crippen LogP contribution in [-0.4, -0.2) is 47.2 Å². The summed E-state index contributed by atoms with van der Waals surface area (Å²) in [5, 5.41) is 0. The first-order valence-electron chi connectivity index (χ1n) is 9.81. The highest BCUT2D eigenvalue weighted by Gasteiger charge is 2.24. The van der Waals surface area contributed by atoms with E-state index >= 15 is 0 Å². The number of benzene rings is 1. The first-order chi connectivity index (χ1) is 13.1. The van der Waals surface area contributed by atoms with Gasteiger partial charge in [0.25, 0.3) is 5.56 Å². The van der Waals surface area contributed by atoms with Crippen molar-refractivity contribution < 1.29 is 0 Å². The maximum atomic E-state index is 12.5. The molecule has 5 heteroatoms. The van der Waals surface area contributed by atoms with Gasteiger partial charge < -0.3 is 9.47 Å². The third-order valence-electron chi connectivity index (χ3n) is 5.36. The topological polar surface area (TPSA) is 41.4 Å². The highest BCUT2D eigenvalue weighted by molar-refractivity contribution is 5.52. The average molecular weight is 367 g/mol. The van der Waals surface area contributed by atoms with Gasteiger partial charge in [-0.05, 0) is 32.3 Å². The summed E-state index contributed by atoms with van der Waals surface area (Å²) in [5.41, 5.74) is 2.64. The van der Waals surface area contributed by atoms with E-state index < -0.39 is 0 Å². The van der Waals surface area contributed by atoms with Gasteiger partial charge in [-0.2, -0.15) is 0 Å². The van der Waals surface area contributed by atoms with Gasteiger partial charge in [-0.1, -0.05) is 42.0 Å². The minimum Gasteiger partial charge on any atom is -0.352 e. The second-order valence-corrected chi connectivity index (χ2v) is 7.36. The summed E-state index contributed by atoms with van der Waals surface area (Å²) < 4.78 is 1.71. The Morgan fingerprint density at radius 2 is 1.96 bits per heavy atom. The maximum absolute atomic E-state index is 12.5. The Balaban J connectivity index is 1.57. The number of rotatable bonds is 6. The number of nitrogens with zero attached hydrogens (tertiary/aromatic N) is 4. The first kappa shape index (κ1) is 19.4. The van der Waals surface area contributed by atoms with Crippen LogP contribution in [-0.2, 0) is 6.54 Å². The van der Waals surface area contributed by atoms with Crippen molar-refractivity contribution in [2.75, 3.05) is 31.6 Å². The summed E-state index contributed by atoms with van der Waals surface area (Å²) >= 11 is 0. The standard InChI is InChI=1S/C22H30N4O/c1-4-26-15-12-23-21(22(26)27)24(3)20-10-13-25(14-11-20)17-18(2)16-19-8-6-5-7-9-19/h5-9,12,15-16,20H,4,10-11,13-14,17H2,1-3H3/b18-16+. The van der Waals surface area contributed by atoms with Gasteiger partial charge in [-0.3, -0.25) is 9.69 Å². The number of hydrogen-bond acceptors (Lipinski definition) is 4. The summed E-state index contributed by atoms with van der Waals surface area (Å²) in [7, 11) is 2.00. The predicted octanol–water partition coefficient (Wildman–Crippen LogP) is 3.27. The summed E-state index contributed by atoms with van der Waals surface area (Å²) in [4.78, 5) is 21.4. The molecular weight excluding hydrogens is 336 g/mol. The number of aryl methyl sites for hydroxylation is 1. The molecule has 2 heterocycles. The zero-order valence-electron chi connectivity index (χ0n) is 16.6. The van der Waals surface area contributed by atoms with E-state index in [1.165, 1.54) is 11.1 Å². The van der Waals surface area contributed by atoms with Gasteiger partial charge in [0.1, 0.15) is 0 Å². The van der Waals surface area contributed by atoms with Crippen LogP contribution >= 0.6 is 0 Å². The van der Waals surface area contributed by atoms with Gasteiger partial charge >= 0.3 is 0 Å². The zero-order valence-corrected chi connectivity index (χ0v) is 16.6. The number of hydrogen-bond donors (Lipinski definition) is 0. The molecule has 1 aliphatic heterocycles. The molecule has 0 spiro atoms. The minimum atomic E-state index is 0.00608. The molecule has 144 valence electrons. The van der Waals surface area contributed by atoms with E-state index in [9.17, 15) is 4.79 Å². The molecule has 27 heavy (non-hydrogen) atoms. The second-order valence-electron chi connectivity index (χ2n) is 7.36. The summed E-state index contributed by atoms with van der Waals surface area (Å²) in [6.07, 6.45) is 7.85. The molecule has 0 radical (unpaired) electrons. The number of aromatic nitrogens is 2. The van der Waals surface area contributed by atoms with Gasteiger partial charge in [-0.25, -0.2) is 4.98 Å². The fourth-order valence-electron chi connectivity index (χ4n) is 3.80. The lowest BCUT2D eigenvalue weighted by Crippen LogP contribution is -2.46. The molecule has 0 amide bonds. The van der Waals surface area contributed by atoms with Crippen molar-refractivity contribution in [3.8, 4) is 0 Å². The summed E-state index contributed by atoms with van der Waals surface area (Å²) in [6, 6.07) is 10.8. The molecule has 1 fully saturated rings. The minimum absolute atomic E-state index is 0.00608. The van der Waals surface area contributed by atoms with Crippen LogP contribution < -0.4 is 10.5 Å². The molecule has 0 unspecified atom stereocenters. The zero-order chi connectivity index (χ0) is 19.2. The largest absolute Gasteiger partial charge is 0.352 e. The van der Waals surface area contributed by atoms with E-state index in [1.54, 1.807) is 17.0 Å². The van der Waals surface area contributed by atoms with Crippen LogP contribution in [0, 0.1) is 0 Å². The second kappa shape index (κ2) is 9.00. The Kier molecular flexibility index (Phi) is 6.45. The Hall–Kier alpha value is -2.40.